The fraction of sp³-hybridized carbons (Fsp3) is 0.125. The zero-order valence-corrected chi connectivity index (χ0v) is 18.2. The number of likely N-dealkylation sites (tertiary alicyclic amines) is 1. The summed E-state index contributed by atoms with van der Waals surface area (Å²) in [5.41, 5.74) is 1.83. The molecular weight excluding hydrogens is 460 g/mol. The summed E-state index contributed by atoms with van der Waals surface area (Å²) >= 11 is 3.40. The molecule has 2 heterocycles. The highest BCUT2D eigenvalue weighted by Crippen LogP contribution is 2.40. The second-order valence-corrected chi connectivity index (χ2v) is 7.86. The van der Waals surface area contributed by atoms with Gasteiger partial charge in [-0.3, -0.25) is 14.6 Å². The molecule has 0 aliphatic carbocycles. The number of aromatic nitrogens is 1. The highest BCUT2D eigenvalue weighted by molar-refractivity contribution is 9.10. The maximum absolute atomic E-state index is 13.0. The van der Waals surface area contributed by atoms with E-state index in [-0.39, 0.29) is 17.9 Å². The molecule has 0 bridgehead atoms. The van der Waals surface area contributed by atoms with Crippen LogP contribution in [0.4, 0.5) is 0 Å². The van der Waals surface area contributed by atoms with Gasteiger partial charge in [-0.05, 0) is 51.8 Å². The van der Waals surface area contributed by atoms with Crippen LogP contribution in [0.5, 0.6) is 5.75 Å². The SMILES string of the molecule is COc1ccc(/C(O)=C2/C(=O)C(=O)N(Cc3ccccn3)C2c2ccccc2)cc1Br. The molecular formula is C24H19BrN2O4. The summed E-state index contributed by atoms with van der Waals surface area (Å²) in [5, 5.41) is 11.1. The molecule has 1 aliphatic rings. The fourth-order valence-electron chi connectivity index (χ4n) is 3.66. The number of hydrogen-bond acceptors (Lipinski definition) is 5. The Bertz CT molecular complexity index is 1160. The third-order valence-corrected chi connectivity index (χ3v) is 5.76. The predicted molar refractivity (Wildman–Crippen MR) is 119 cm³/mol. The monoisotopic (exact) mass is 478 g/mol. The van der Waals surface area contributed by atoms with Gasteiger partial charge in [0.25, 0.3) is 11.7 Å². The predicted octanol–water partition coefficient (Wildman–Crippen LogP) is 4.47. The van der Waals surface area contributed by atoms with Crippen LogP contribution in [0.1, 0.15) is 22.9 Å². The average molecular weight is 479 g/mol. The number of amides is 1. The molecule has 1 fully saturated rings. The molecule has 1 N–H and O–H groups in total. The quantitative estimate of drug-likeness (QED) is 0.332. The van der Waals surface area contributed by atoms with E-state index in [0.29, 0.717) is 21.5 Å². The first kappa shape index (κ1) is 20.8. The maximum atomic E-state index is 13.0. The van der Waals surface area contributed by atoms with Crippen molar-refractivity contribution >= 4 is 33.4 Å². The van der Waals surface area contributed by atoms with Gasteiger partial charge in [0, 0.05) is 11.8 Å². The van der Waals surface area contributed by atoms with E-state index < -0.39 is 17.7 Å². The number of nitrogens with zero attached hydrogens (tertiary/aromatic N) is 2. The lowest BCUT2D eigenvalue weighted by Crippen LogP contribution is -2.29. The van der Waals surface area contributed by atoms with Crippen LogP contribution in [0, 0.1) is 0 Å². The van der Waals surface area contributed by atoms with Crippen molar-refractivity contribution in [2.75, 3.05) is 7.11 Å². The van der Waals surface area contributed by atoms with Crippen LogP contribution in [0.3, 0.4) is 0 Å². The Morgan fingerprint density at radius 2 is 1.84 bits per heavy atom. The van der Waals surface area contributed by atoms with Gasteiger partial charge >= 0.3 is 0 Å². The summed E-state index contributed by atoms with van der Waals surface area (Å²) < 4.78 is 5.86. The Kier molecular flexibility index (Phi) is 5.86. The molecule has 2 aromatic carbocycles. The molecule has 0 saturated carbocycles. The first-order valence-corrected chi connectivity index (χ1v) is 10.4. The van der Waals surface area contributed by atoms with Gasteiger partial charge in [-0.1, -0.05) is 36.4 Å². The lowest BCUT2D eigenvalue weighted by molar-refractivity contribution is -0.140. The van der Waals surface area contributed by atoms with Gasteiger partial charge < -0.3 is 14.7 Å². The molecule has 7 heteroatoms. The summed E-state index contributed by atoms with van der Waals surface area (Å²) in [6.07, 6.45) is 1.64. The maximum Gasteiger partial charge on any atom is 0.296 e. The minimum atomic E-state index is -0.732. The Morgan fingerprint density at radius 3 is 2.48 bits per heavy atom. The van der Waals surface area contributed by atoms with Crippen molar-refractivity contribution in [1.29, 1.82) is 0 Å². The molecule has 1 unspecified atom stereocenters. The number of benzene rings is 2. The molecule has 1 aromatic heterocycles. The number of pyridine rings is 1. The number of rotatable bonds is 5. The highest BCUT2D eigenvalue weighted by atomic mass is 79.9. The van der Waals surface area contributed by atoms with Crippen LogP contribution >= 0.6 is 15.9 Å². The minimum absolute atomic E-state index is 0.0456. The summed E-state index contributed by atoms with van der Waals surface area (Å²) in [6.45, 7) is 0.147. The zero-order chi connectivity index (χ0) is 22.0. The number of Topliss-reactive ketones (excluding diaryl/α,β-unsaturated/α-hetero) is 1. The summed E-state index contributed by atoms with van der Waals surface area (Å²) in [6, 6.07) is 18.8. The number of carbonyl (C=O) groups is 2. The third kappa shape index (κ3) is 3.96. The molecule has 0 spiro atoms. The first-order chi connectivity index (χ1) is 15.0. The Hall–Kier alpha value is -3.45. The van der Waals surface area contributed by atoms with Crippen LogP contribution in [0.15, 0.2) is 83.0 Å². The number of hydrogen-bond donors (Lipinski definition) is 1. The van der Waals surface area contributed by atoms with Crippen molar-refractivity contribution in [3.8, 4) is 5.75 Å². The standard InChI is InChI=1S/C24H19BrN2O4/c1-31-19-11-10-16(13-18(19)25)22(28)20-21(15-7-3-2-4-8-15)27(24(30)23(20)29)14-17-9-5-6-12-26-17/h2-13,21,28H,14H2,1H3/b22-20-. The van der Waals surface area contributed by atoms with Crippen LogP contribution < -0.4 is 4.74 Å². The molecule has 1 saturated heterocycles. The van der Waals surface area contributed by atoms with E-state index >= 15 is 0 Å². The number of aliphatic hydroxyl groups is 1. The normalized spacial score (nSPS) is 17.7. The number of ether oxygens (including phenoxy) is 1. The van der Waals surface area contributed by atoms with Crippen molar-refractivity contribution in [3.63, 3.8) is 0 Å². The van der Waals surface area contributed by atoms with Crippen molar-refractivity contribution in [2.45, 2.75) is 12.6 Å². The molecule has 1 atom stereocenters. The van der Waals surface area contributed by atoms with E-state index in [0.717, 1.165) is 5.56 Å². The van der Waals surface area contributed by atoms with E-state index in [1.54, 1.807) is 36.5 Å². The molecule has 4 rings (SSSR count). The largest absolute Gasteiger partial charge is 0.507 e. The van der Waals surface area contributed by atoms with Gasteiger partial charge in [-0.2, -0.15) is 0 Å². The number of carbonyl (C=O) groups excluding carboxylic acids is 2. The van der Waals surface area contributed by atoms with Crippen molar-refractivity contribution in [2.24, 2.45) is 0 Å². The highest BCUT2D eigenvalue weighted by Gasteiger charge is 2.46. The molecule has 156 valence electrons. The lowest BCUT2D eigenvalue weighted by atomic mass is 9.95. The molecule has 1 aliphatic heterocycles. The number of aliphatic hydroxyl groups excluding tert-OH is 1. The molecule has 1 amide bonds. The van der Waals surface area contributed by atoms with E-state index in [1.165, 1.54) is 12.0 Å². The van der Waals surface area contributed by atoms with Crippen molar-refractivity contribution in [3.05, 3.63) is 99.8 Å². The molecule has 31 heavy (non-hydrogen) atoms. The van der Waals surface area contributed by atoms with Gasteiger partial charge in [0.1, 0.15) is 11.5 Å². The first-order valence-electron chi connectivity index (χ1n) is 9.58. The smallest absolute Gasteiger partial charge is 0.296 e. The Balaban J connectivity index is 1.85. The fourth-order valence-corrected chi connectivity index (χ4v) is 4.20. The van der Waals surface area contributed by atoms with Gasteiger partial charge in [0.15, 0.2) is 0 Å². The average Bonchev–Trinajstić information content (AvgIpc) is 3.04. The lowest BCUT2D eigenvalue weighted by Gasteiger charge is -2.25. The van der Waals surface area contributed by atoms with Crippen LogP contribution in [0.2, 0.25) is 0 Å². The van der Waals surface area contributed by atoms with Crippen molar-refractivity contribution < 1.29 is 19.4 Å². The van der Waals surface area contributed by atoms with Crippen LogP contribution in [-0.2, 0) is 16.1 Å². The summed E-state index contributed by atoms with van der Waals surface area (Å²) in [4.78, 5) is 31.8. The topological polar surface area (TPSA) is 79.7 Å². The molecule has 0 radical (unpaired) electrons. The third-order valence-electron chi connectivity index (χ3n) is 5.14. The second-order valence-electron chi connectivity index (χ2n) is 7.01. The zero-order valence-electron chi connectivity index (χ0n) is 16.7. The van der Waals surface area contributed by atoms with E-state index in [9.17, 15) is 14.7 Å². The van der Waals surface area contributed by atoms with Crippen LogP contribution in [-0.4, -0.2) is 33.8 Å². The van der Waals surface area contributed by atoms with Gasteiger partial charge in [-0.15, -0.1) is 0 Å². The van der Waals surface area contributed by atoms with Crippen molar-refractivity contribution in [1.82, 2.24) is 9.88 Å². The van der Waals surface area contributed by atoms with Gasteiger partial charge in [0.2, 0.25) is 0 Å². The minimum Gasteiger partial charge on any atom is -0.507 e. The van der Waals surface area contributed by atoms with E-state index in [2.05, 4.69) is 20.9 Å². The Morgan fingerprint density at radius 1 is 1.10 bits per heavy atom. The molecule has 3 aromatic rings. The second kappa shape index (κ2) is 8.73. The van der Waals surface area contributed by atoms with Crippen LogP contribution in [0.25, 0.3) is 5.76 Å². The number of methoxy groups -OCH3 is 1. The van der Waals surface area contributed by atoms with E-state index in [1.807, 2.05) is 36.4 Å². The number of halogens is 1. The van der Waals surface area contributed by atoms with Gasteiger partial charge in [0.05, 0.1) is 35.4 Å². The Labute approximate surface area is 187 Å². The summed E-state index contributed by atoms with van der Waals surface area (Å²) in [7, 11) is 1.54. The van der Waals surface area contributed by atoms with Gasteiger partial charge in [-0.25, -0.2) is 0 Å². The summed E-state index contributed by atoms with van der Waals surface area (Å²) in [5.74, 6) is -1.05. The number of ketones is 1. The molecule has 6 nitrogen and oxygen atoms in total. The van der Waals surface area contributed by atoms with E-state index in [4.69, 9.17) is 4.74 Å².